The fourth-order valence-electron chi connectivity index (χ4n) is 2.50. The van der Waals surface area contributed by atoms with Gasteiger partial charge in [-0.25, -0.2) is 8.42 Å². The van der Waals surface area contributed by atoms with Gasteiger partial charge in [-0.05, 0) is 43.7 Å². The number of ketones is 1. The van der Waals surface area contributed by atoms with E-state index in [2.05, 4.69) is 17.0 Å². The zero-order valence-electron chi connectivity index (χ0n) is 15.5. The molecule has 0 aliphatic carbocycles. The Morgan fingerprint density at radius 2 is 1.67 bits per heavy atom. The van der Waals surface area contributed by atoms with E-state index < -0.39 is 10.0 Å². The first-order chi connectivity index (χ1) is 12.8. The lowest BCUT2D eigenvalue weighted by molar-refractivity contribution is 0.0951. The molecule has 0 aliphatic heterocycles. The molecular weight excluding hydrogens is 364 g/mol. The number of Topliss-reactive ketones (excluding diaryl/α,β-unsaturated/α-hetero) is 1. The molecule has 1 amide bonds. The third-order valence-electron chi connectivity index (χ3n) is 3.99. The summed E-state index contributed by atoms with van der Waals surface area (Å²) >= 11 is 0. The second kappa shape index (κ2) is 9.32. The van der Waals surface area contributed by atoms with Crippen molar-refractivity contribution in [2.45, 2.75) is 38.0 Å². The minimum Gasteiger partial charge on any atom is -0.352 e. The number of amides is 1. The molecule has 2 aromatic rings. The van der Waals surface area contributed by atoms with Crippen LogP contribution in [0.4, 0.5) is 5.69 Å². The maximum atomic E-state index is 12.6. The molecular formula is C20H24N2O4S. The summed E-state index contributed by atoms with van der Waals surface area (Å²) in [7, 11) is -3.88. The summed E-state index contributed by atoms with van der Waals surface area (Å²) in [5.74, 6) is -0.459. The molecule has 27 heavy (non-hydrogen) atoms. The molecule has 0 radical (unpaired) electrons. The van der Waals surface area contributed by atoms with E-state index in [4.69, 9.17) is 0 Å². The maximum Gasteiger partial charge on any atom is 0.261 e. The number of unbranched alkanes of at least 4 members (excludes halogenated alkanes) is 2. The average Bonchev–Trinajstić information content (AvgIpc) is 2.65. The van der Waals surface area contributed by atoms with Gasteiger partial charge in [0.25, 0.3) is 15.9 Å². The molecule has 2 rings (SSSR count). The lowest BCUT2D eigenvalue weighted by atomic mass is 10.1. The highest BCUT2D eigenvalue weighted by Crippen LogP contribution is 2.18. The van der Waals surface area contributed by atoms with Gasteiger partial charge in [0.05, 0.1) is 4.90 Å². The van der Waals surface area contributed by atoms with Crippen LogP contribution in [0.2, 0.25) is 0 Å². The van der Waals surface area contributed by atoms with Gasteiger partial charge in [-0.1, -0.05) is 38.0 Å². The number of benzene rings is 2. The van der Waals surface area contributed by atoms with Crippen LogP contribution in [0.25, 0.3) is 0 Å². The first-order valence-electron chi connectivity index (χ1n) is 8.85. The fraction of sp³-hybridized carbons (Fsp3) is 0.300. The largest absolute Gasteiger partial charge is 0.352 e. The minimum absolute atomic E-state index is 0.0167. The number of carbonyl (C=O) groups is 2. The summed E-state index contributed by atoms with van der Waals surface area (Å²) in [5.41, 5.74) is 0.986. The zero-order valence-corrected chi connectivity index (χ0v) is 16.3. The molecule has 144 valence electrons. The van der Waals surface area contributed by atoms with Crippen LogP contribution in [0, 0.1) is 0 Å². The Morgan fingerprint density at radius 3 is 2.37 bits per heavy atom. The summed E-state index contributed by atoms with van der Waals surface area (Å²) in [6.07, 6.45) is 2.96. The highest BCUT2D eigenvalue weighted by molar-refractivity contribution is 7.92. The number of hydrogen-bond acceptors (Lipinski definition) is 4. The zero-order chi connectivity index (χ0) is 19.9. The Hall–Kier alpha value is -2.67. The Bertz CT molecular complexity index is 923. The molecule has 0 bridgehead atoms. The number of anilines is 1. The van der Waals surface area contributed by atoms with Gasteiger partial charge in [0, 0.05) is 23.4 Å². The number of rotatable bonds is 9. The number of nitrogens with one attached hydrogen (secondary N) is 2. The lowest BCUT2D eigenvalue weighted by Gasteiger charge is -2.10. The molecule has 6 nitrogen and oxygen atoms in total. The first kappa shape index (κ1) is 20.6. The molecule has 0 heterocycles. The average molecular weight is 388 g/mol. The van der Waals surface area contributed by atoms with Crippen LogP contribution < -0.4 is 10.0 Å². The van der Waals surface area contributed by atoms with E-state index in [0.29, 0.717) is 12.1 Å². The van der Waals surface area contributed by atoms with E-state index in [9.17, 15) is 18.0 Å². The summed E-state index contributed by atoms with van der Waals surface area (Å²) in [5, 5.41) is 2.79. The maximum absolute atomic E-state index is 12.6. The molecule has 0 aromatic heterocycles. The van der Waals surface area contributed by atoms with Crippen molar-refractivity contribution in [2.75, 3.05) is 11.3 Å². The summed E-state index contributed by atoms with van der Waals surface area (Å²) in [6.45, 7) is 4.05. The van der Waals surface area contributed by atoms with Gasteiger partial charge in [0.1, 0.15) is 0 Å². The van der Waals surface area contributed by atoms with Crippen molar-refractivity contribution >= 4 is 27.4 Å². The van der Waals surface area contributed by atoms with E-state index in [0.717, 1.165) is 19.3 Å². The Morgan fingerprint density at radius 1 is 0.963 bits per heavy atom. The van der Waals surface area contributed by atoms with Gasteiger partial charge in [0.2, 0.25) is 0 Å². The van der Waals surface area contributed by atoms with E-state index >= 15 is 0 Å². The third-order valence-corrected chi connectivity index (χ3v) is 5.37. The van der Waals surface area contributed by atoms with E-state index in [1.165, 1.54) is 31.2 Å². The normalized spacial score (nSPS) is 11.0. The van der Waals surface area contributed by atoms with Gasteiger partial charge >= 0.3 is 0 Å². The summed E-state index contributed by atoms with van der Waals surface area (Å²) in [6, 6.07) is 12.1. The van der Waals surface area contributed by atoms with E-state index in [-0.39, 0.29) is 27.8 Å². The van der Waals surface area contributed by atoms with Gasteiger partial charge in [-0.15, -0.1) is 0 Å². The predicted molar refractivity (Wildman–Crippen MR) is 106 cm³/mol. The monoisotopic (exact) mass is 388 g/mol. The molecule has 0 spiro atoms. The van der Waals surface area contributed by atoms with E-state index in [1.807, 2.05) is 0 Å². The summed E-state index contributed by atoms with van der Waals surface area (Å²) in [4.78, 5) is 23.6. The van der Waals surface area contributed by atoms with Crippen LogP contribution in [-0.2, 0) is 10.0 Å². The fourth-order valence-corrected chi connectivity index (χ4v) is 3.59. The van der Waals surface area contributed by atoms with Gasteiger partial charge in [-0.2, -0.15) is 0 Å². The molecule has 0 fully saturated rings. The second-order valence-corrected chi connectivity index (χ2v) is 7.92. The van der Waals surface area contributed by atoms with Crippen molar-refractivity contribution in [1.29, 1.82) is 0 Å². The molecule has 0 unspecified atom stereocenters. The van der Waals surface area contributed by atoms with Gasteiger partial charge < -0.3 is 5.32 Å². The van der Waals surface area contributed by atoms with Crippen LogP contribution in [0.5, 0.6) is 0 Å². The highest BCUT2D eigenvalue weighted by Gasteiger charge is 2.17. The van der Waals surface area contributed by atoms with Crippen molar-refractivity contribution in [3.8, 4) is 0 Å². The van der Waals surface area contributed by atoms with Crippen LogP contribution >= 0.6 is 0 Å². The third kappa shape index (κ3) is 5.92. The number of carbonyl (C=O) groups excluding carboxylic acids is 2. The standard InChI is InChI=1S/C20H24N2O4S/c1-3-4-5-12-21-20(24)17-9-7-11-19(14-17)27(25,26)22-18-10-6-8-16(13-18)15(2)23/h6-11,13-14,22H,3-5,12H2,1-2H3,(H,21,24). The molecule has 2 aromatic carbocycles. The molecule has 0 saturated carbocycles. The highest BCUT2D eigenvalue weighted by atomic mass is 32.2. The van der Waals surface area contributed by atoms with Crippen LogP contribution in [-0.4, -0.2) is 26.7 Å². The number of sulfonamides is 1. The van der Waals surface area contributed by atoms with Crippen LogP contribution in [0.1, 0.15) is 53.8 Å². The minimum atomic E-state index is -3.88. The second-order valence-electron chi connectivity index (χ2n) is 6.23. The Kier molecular flexibility index (Phi) is 7.12. The van der Waals surface area contributed by atoms with Crippen molar-refractivity contribution in [3.63, 3.8) is 0 Å². The first-order valence-corrected chi connectivity index (χ1v) is 10.3. The molecule has 0 aliphatic rings. The van der Waals surface area contributed by atoms with Crippen molar-refractivity contribution in [1.82, 2.24) is 5.32 Å². The van der Waals surface area contributed by atoms with E-state index in [1.54, 1.807) is 24.3 Å². The van der Waals surface area contributed by atoms with Gasteiger partial charge in [0.15, 0.2) is 5.78 Å². The quantitative estimate of drug-likeness (QED) is 0.507. The van der Waals surface area contributed by atoms with Crippen LogP contribution in [0.15, 0.2) is 53.4 Å². The number of hydrogen-bond donors (Lipinski definition) is 2. The topological polar surface area (TPSA) is 92.3 Å². The van der Waals surface area contributed by atoms with Crippen molar-refractivity contribution in [3.05, 3.63) is 59.7 Å². The SMILES string of the molecule is CCCCCNC(=O)c1cccc(S(=O)(=O)Nc2cccc(C(C)=O)c2)c1. The van der Waals surface area contributed by atoms with Crippen molar-refractivity contribution in [2.24, 2.45) is 0 Å². The van der Waals surface area contributed by atoms with Gasteiger partial charge in [-0.3, -0.25) is 14.3 Å². The Labute approximate surface area is 160 Å². The summed E-state index contributed by atoms with van der Waals surface area (Å²) < 4.78 is 27.7. The smallest absolute Gasteiger partial charge is 0.261 e. The van der Waals surface area contributed by atoms with Crippen molar-refractivity contribution < 1.29 is 18.0 Å². The molecule has 0 saturated heterocycles. The predicted octanol–water partition coefficient (Wildman–Crippen LogP) is 3.61. The molecule has 2 N–H and O–H groups in total. The molecule has 7 heteroatoms. The molecule has 0 atom stereocenters. The Balaban J connectivity index is 2.15. The van der Waals surface area contributed by atoms with Crippen LogP contribution in [0.3, 0.4) is 0 Å². The lowest BCUT2D eigenvalue weighted by Crippen LogP contribution is -2.24.